The maximum Gasteiger partial charge on any atom is 0.407 e. The third-order valence-electron chi connectivity index (χ3n) is 7.96. The van der Waals surface area contributed by atoms with Crippen molar-refractivity contribution in [3.63, 3.8) is 0 Å². The van der Waals surface area contributed by atoms with Crippen molar-refractivity contribution < 1.29 is 66.7 Å². The maximum atomic E-state index is 12.2. The molecule has 16 nitrogen and oxygen atoms in total. The number of methoxy groups -OCH3 is 4. The first-order valence-electron chi connectivity index (χ1n) is 17.6. The molecule has 2 heterocycles. The van der Waals surface area contributed by atoms with Gasteiger partial charge in [-0.3, -0.25) is 9.59 Å². The predicted octanol–water partition coefficient (Wildman–Crippen LogP) is 4.09. The quantitative estimate of drug-likeness (QED) is 0.214. The van der Waals surface area contributed by atoms with Crippen molar-refractivity contribution >= 4 is 36.1 Å². The van der Waals surface area contributed by atoms with E-state index in [1.165, 1.54) is 28.4 Å². The van der Waals surface area contributed by atoms with Crippen LogP contribution in [-0.4, -0.2) is 112 Å². The van der Waals surface area contributed by atoms with E-state index in [-0.39, 0.29) is 24.7 Å². The first-order chi connectivity index (χ1) is 24.0. The van der Waals surface area contributed by atoms with Crippen LogP contribution in [0.5, 0.6) is 0 Å². The second kappa shape index (κ2) is 20.5. The van der Waals surface area contributed by atoms with Gasteiger partial charge >= 0.3 is 36.1 Å². The zero-order chi connectivity index (χ0) is 40.1. The fourth-order valence-corrected chi connectivity index (χ4v) is 5.97. The minimum absolute atomic E-state index is 0.147. The van der Waals surface area contributed by atoms with Gasteiger partial charge in [-0.05, 0) is 66.2 Å². The van der Waals surface area contributed by atoms with Gasteiger partial charge in [-0.1, -0.05) is 27.7 Å². The summed E-state index contributed by atoms with van der Waals surface area (Å²) in [7, 11) is 5.08. The lowest BCUT2D eigenvalue weighted by atomic mass is 9.89. The normalized spacial score (nSPS) is 24.1. The van der Waals surface area contributed by atoms with E-state index in [1.807, 2.05) is 27.7 Å². The number of hydrogen-bond acceptors (Lipinski definition) is 14. The highest BCUT2D eigenvalue weighted by molar-refractivity contribution is 5.80. The van der Waals surface area contributed by atoms with E-state index in [4.69, 9.17) is 37.9 Å². The van der Waals surface area contributed by atoms with Gasteiger partial charge in [-0.15, -0.1) is 0 Å². The number of hydrogen-bond donors (Lipinski definition) is 2. The molecule has 2 aliphatic heterocycles. The van der Waals surface area contributed by atoms with Crippen LogP contribution in [0.15, 0.2) is 0 Å². The molecule has 300 valence electrons. The topological polar surface area (TPSA) is 200 Å². The van der Waals surface area contributed by atoms with Crippen molar-refractivity contribution in [2.24, 2.45) is 23.7 Å². The Morgan fingerprint density at radius 1 is 0.558 bits per heavy atom. The van der Waals surface area contributed by atoms with Gasteiger partial charge in [-0.2, -0.15) is 0 Å². The van der Waals surface area contributed by atoms with E-state index in [0.29, 0.717) is 12.8 Å². The van der Waals surface area contributed by atoms with E-state index in [0.717, 1.165) is 0 Å². The Balaban J connectivity index is 0.000000520. The molecule has 0 spiro atoms. The molecule has 2 rings (SSSR count). The van der Waals surface area contributed by atoms with Crippen LogP contribution in [0.25, 0.3) is 0 Å². The van der Waals surface area contributed by atoms with Crippen molar-refractivity contribution in [1.82, 2.24) is 10.6 Å². The summed E-state index contributed by atoms with van der Waals surface area (Å²) in [5, 5.41) is 5.57. The molecule has 2 aliphatic rings. The Bertz CT molecular complexity index is 1120. The Morgan fingerprint density at radius 2 is 0.846 bits per heavy atom. The summed E-state index contributed by atoms with van der Waals surface area (Å²) in [5.41, 5.74) is -1.31. The van der Waals surface area contributed by atoms with Crippen LogP contribution in [0, 0.1) is 23.7 Å². The number of esters is 4. The third kappa shape index (κ3) is 15.5. The largest absolute Gasteiger partial charge is 0.469 e. The highest BCUT2D eigenvalue weighted by Gasteiger charge is 2.49. The van der Waals surface area contributed by atoms with Crippen LogP contribution in [0.2, 0.25) is 0 Å². The summed E-state index contributed by atoms with van der Waals surface area (Å²) in [4.78, 5) is 72.6. The summed E-state index contributed by atoms with van der Waals surface area (Å²) in [6, 6.07) is -1.02. The van der Waals surface area contributed by atoms with Gasteiger partial charge in [-0.25, -0.2) is 19.2 Å². The van der Waals surface area contributed by atoms with Gasteiger partial charge in [0.15, 0.2) is 12.2 Å². The second-order valence-electron chi connectivity index (χ2n) is 15.7. The van der Waals surface area contributed by atoms with Crippen LogP contribution in [0.3, 0.4) is 0 Å². The zero-order valence-corrected chi connectivity index (χ0v) is 33.3. The van der Waals surface area contributed by atoms with Crippen molar-refractivity contribution in [2.45, 2.75) is 143 Å². The van der Waals surface area contributed by atoms with Crippen LogP contribution >= 0.6 is 0 Å². The molecule has 2 saturated heterocycles. The van der Waals surface area contributed by atoms with E-state index in [9.17, 15) is 28.8 Å². The standard InChI is InChI=1S/2C18H31NO7/c2*1-10(2)8-12(19-17(22)26-18(3,4)5)14-11(15(20)23-6)9-13(25-14)16(21)24-7/h2*10-14H,8-9H2,1-7H3,(H,19,22)/t11-,12+,13-,14-;11-,12-,13-,14-/m11/s1. The Labute approximate surface area is 307 Å². The minimum Gasteiger partial charge on any atom is -0.469 e. The zero-order valence-electron chi connectivity index (χ0n) is 33.3. The minimum atomic E-state index is -0.871. The van der Waals surface area contributed by atoms with E-state index < -0.39 is 95.6 Å². The van der Waals surface area contributed by atoms with Crippen molar-refractivity contribution in [1.29, 1.82) is 0 Å². The van der Waals surface area contributed by atoms with Crippen LogP contribution in [0.4, 0.5) is 9.59 Å². The summed E-state index contributed by atoms with van der Waals surface area (Å²) in [5.74, 6) is -3.00. The smallest absolute Gasteiger partial charge is 0.407 e. The van der Waals surface area contributed by atoms with Crippen molar-refractivity contribution in [3.05, 3.63) is 0 Å². The molecule has 0 aromatic heterocycles. The highest BCUT2D eigenvalue weighted by Crippen LogP contribution is 2.34. The van der Waals surface area contributed by atoms with E-state index in [1.54, 1.807) is 41.5 Å². The first kappa shape index (κ1) is 46.4. The number of rotatable bonds is 12. The van der Waals surface area contributed by atoms with Gasteiger partial charge in [0.2, 0.25) is 0 Å². The molecule has 2 N–H and O–H groups in total. The van der Waals surface area contributed by atoms with Gasteiger partial charge in [0.05, 0.1) is 64.6 Å². The Hall–Kier alpha value is -3.66. The molecule has 2 fully saturated rings. The van der Waals surface area contributed by atoms with Crippen molar-refractivity contribution in [2.75, 3.05) is 28.4 Å². The van der Waals surface area contributed by atoms with Gasteiger partial charge < -0.3 is 48.5 Å². The molecule has 2 amide bonds. The predicted molar refractivity (Wildman–Crippen MR) is 187 cm³/mol. The molecular formula is C36H62N2O14. The average molecular weight is 747 g/mol. The summed E-state index contributed by atoms with van der Waals surface area (Å²) < 4.78 is 41.4. The van der Waals surface area contributed by atoms with Gasteiger partial charge in [0.25, 0.3) is 0 Å². The fraction of sp³-hybridized carbons (Fsp3) is 0.833. The molecule has 0 aliphatic carbocycles. The summed E-state index contributed by atoms with van der Waals surface area (Å²) >= 11 is 0. The number of nitrogens with one attached hydrogen (secondary N) is 2. The molecule has 0 unspecified atom stereocenters. The monoisotopic (exact) mass is 746 g/mol. The molecule has 0 aromatic carbocycles. The molecule has 0 bridgehead atoms. The molecule has 0 aromatic rings. The third-order valence-corrected chi connectivity index (χ3v) is 7.96. The number of ether oxygens (including phenoxy) is 8. The lowest BCUT2D eigenvalue weighted by molar-refractivity contribution is -0.155. The lowest BCUT2D eigenvalue weighted by Gasteiger charge is -2.30. The van der Waals surface area contributed by atoms with Gasteiger partial charge in [0.1, 0.15) is 11.2 Å². The van der Waals surface area contributed by atoms with Crippen LogP contribution in [-0.2, 0) is 57.1 Å². The summed E-state index contributed by atoms with van der Waals surface area (Å²) in [6.45, 7) is 18.5. The number of alkyl carbamates (subject to hydrolysis) is 2. The van der Waals surface area contributed by atoms with E-state index in [2.05, 4.69) is 10.6 Å². The fourth-order valence-electron chi connectivity index (χ4n) is 5.97. The van der Waals surface area contributed by atoms with Gasteiger partial charge in [0, 0.05) is 12.8 Å². The molecule has 0 saturated carbocycles. The lowest BCUT2D eigenvalue weighted by Crippen LogP contribution is -2.49. The Morgan fingerprint density at radius 3 is 1.08 bits per heavy atom. The molecule has 8 atom stereocenters. The summed E-state index contributed by atoms with van der Waals surface area (Å²) in [6.07, 6.45) is -2.97. The van der Waals surface area contributed by atoms with Crippen molar-refractivity contribution in [3.8, 4) is 0 Å². The van der Waals surface area contributed by atoms with Crippen LogP contribution < -0.4 is 10.6 Å². The van der Waals surface area contributed by atoms with Crippen LogP contribution in [0.1, 0.15) is 94.9 Å². The number of carbonyl (C=O) groups excluding carboxylic acids is 6. The number of amides is 2. The molecule has 52 heavy (non-hydrogen) atoms. The number of carbonyl (C=O) groups is 6. The average Bonchev–Trinajstić information content (AvgIpc) is 3.67. The highest BCUT2D eigenvalue weighted by atomic mass is 16.6. The second-order valence-corrected chi connectivity index (χ2v) is 15.7. The first-order valence-corrected chi connectivity index (χ1v) is 17.6. The SMILES string of the molecule is COC(=O)[C@H]1C[C@@H](C(=O)OC)[C@H]([C@@H](CC(C)C)NC(=O)OC(C)(C)C)O1.COC(=O)[C@H]1C[C@@H](C(=O)OC)[C@H]([C@H](CC(C)C)NC(=O)OC(C)(C)C)O1. The van der Waals surface area contributed by atoms with E-state index >= 15 is 0 Å². The molecule has 0 radical (unpaired) electrons. The molecule has 16 heteroatoms. The molecular weight excluding hydrogens is 684 g/mol. The maximum absolute atomic E-state index is 12.2. The Kier molecular flexibility index (Phi) is 18.3.